The zero-order valence-electron chi connectivity index (χ0n) is 11.8. The quantitative estimate of drug-likeness (QED) is 0.529. The number of carbonyl (C=O) groups is 1. The van der Waals surface area contributed by atoms with E-state index in [-0.39, 0.29) is 18.3 Å². The summed E-state index contributed by atoms with van der Waals surface area (Å²) in [5, 5.41) is 10.5. The molecule has 3 aromatic heterocycles. The van der Waals surface area contributed by atoms with Crippen LogP contribution >= 0.6 is 11.3 Å². The van der Waals surface area contributed by atoms with Crippen LogP contribution < -0.4 is 0 Å². The van der Waals surface area contributed by atoms with Gasteiger partial charge in [-0.3, -0.25) is 0 Å². The van der Waals surface area contributed by atoms with E-state index < -0.39 is 5.97 Å². The smallest absolute Gasteiger partial charge is 0.374 e. The van der Waals surface area contributed by atoms with Crippen molar-refractivity contribution >= 4 is 28.3 Å². The number of hydrogen-bond acceptors (Lipinski definition) is 7. The van der Waals surface area contributed by atoms with Crippen LogP contribution in [0.1, 0.15) is 16.4 Å². The number of carbonyl (C=O) groups excluding carboxylic acids is 1. The predicted octanol–water partition coefficient (Wildman–Crippen LogP) is 3.90. The first-order valence-corrected chi connectivity index (χ1v) is 7.69. The van der Waals surface area contributed by atoms with E-state index in [0.717, 1.165) is 10.3 Å². The lowest BCUT2D eigenvalue weighted by Gasteiger charge is -1.98. The largest absolute Gasteiger partial charge is 0.450 e. The number of hydrogen-bond donors (Lipinski definition) is 0. The highest BCUT2D eigenvalue weighted by atomic mass is 32.1. The highest BCUT2D eigenvalue weighted by molar-refractivity contribution is 7.13. The number of nitrogens with zero attached hydrogens (tertiary/aromatic N) is 2. The van der Waals surface area contributed by atoms with E-state index in [1.807, 2.05) is 35.7 Å². The van der Waals surface area contributed by atoms with Gasteiger partial charge < -0.3 is 13.6 Å². The average Bonchev–Trinajstić information content (AvgIpc) is 3.31. The Morgan fingerprint density at radius 1 is 1.13 bits per heavy atom. The topological polar surface area (TPSA) is 78.4 Å². The van der Waals surface area contributed by atoms with Crippen LogP contribution in [0.25, 0.3) is 21.7 Å². The minimum atomic E-state index is -0.572. The molecule has 0 spiro atoms. The van der Waals surface area contributed by atoms with Crippen molar-refractivity contribution < 1.29 is 18.4 Å². The number of rotatable bonds is 4. The molecule has 0 aliphatic rings. The Bertz CT molecular complexity index is 922. The number of benzene rings is 1. The number of thiophene rings is 1. The first-order valence-electron chi connectivity index (χ1n) is 6.81. The third-order valence-corrected chi connectivity index (χ3v) is 4.01. The van der Waals surface area contributed by atoms with Crippen LogP contribution in [0.4, 0.5) is 0 Å². The van der Waals surface area contributed by atoms with Gasteiger partial charge in [0.15, 0.2) is 6.61 Å². The van der Waals surface area contributed by atoms with Crippen LogP contribution in [0, 0.1) is 0 Å². The highest BCUT2D eigenvalue weighted by Crippen LogP contribution is 2.23. The molecule has 7 heteroatoms. The van der Waals surface area contributed by atoms with Crippen LogP contribution in [0.3, 0.4) is 0 Å². The molecule has 0 bridgehead atoms. The molecule has 0 radical (unpaired) electrons. The van der Waals surface area contributed by atoms with Crippen molar-refractivity contribution in [3.63, 3.8) is 0 Å². The number of ether oxygens (including phenoxy) is 1. The predicted molar refractivity (Wildman–Crippen MR) is 82.9 cm³/mol. The van der Waals surface area contributed by atoms with E-state index >= 15 is 0 Å². The molecule has 0 unspecified atom stereocenters. The van der Waals surface area contributed by atoms with Gasteiger partial charge in [-0.25, -0.2) is 4.79 Å². The number of aromatic nitrogens is 2. The summed E-state index contributed by atoms with van der Waals surface area (Å²) in [5.74, 6) is 0.217. The van der Waals surface area contributed by atoms with Crippen molar-refractivity contribution in [3.8, 4) is 10.8 Å². The number of esters is 1. The number of furan rings is 1. The zero-order chi connectivity index (χ0) is 15.6. The molecular formula is C16H10N2O4S. The third-order valence-electron chi connectivity index (χ3n) is 3.15. The molecule has 0 saturated heterocycles. The van der Waals surface area contributed by atoms with E-state index in [0.29, 0.717) is 11.5 Å². The van der Waals surface area contributed by atoms with Crippen molar-refractivity contribution in [2.45, 2.75) is 6.61 Å². The van der Waals surface area contributed by atoms with Crippen molar-refractivity contribution in [2.24, 2.45) is 0 Å². The summed E-state index contributed by atoms with van der Waals surface area (Å²) in [6, 6.07) is 12.8. The molecule has 23 heavy (non-hydrogen) atoms. The van der Waals surface area contributed by atoms with Gasteiger partial charge in [-0.2, -0.15) is 0 Å². The second-order valence-electron chi connectivity index (χ2n) is 4.70. The van der Waals surface area contributed by atoms with E-state index in [1.165, 1.54) is 11.3 Å². The fourth-order valence-electron chi connectivity index (χ4n) is 2.09. The maximum Gasteiger partial charge on any atom is 0.374 e. The summed E-state index contributed by atoms with van der Waals surface area (Å²) in [6.07, 6.45) is 0. The lowest BCUT2D eigenvalue weighted by Crippen LogP contribution is -2.04. The van der Waals surface area contributed by atoms with Crippen LogP contribution in [0.15, 0.2) is 56.7 Å². The molecule has 4 rings (SSSR count). The van der Waals surface area contributed by atoms with Gasteiger partial charge >= 0.3 is 5.97 Å². The van der Waals surface area contributed by atoms with Gasteiger partial charge in [-0.1, -0.05) is 24.3 Å². The molecule has 3 heterocycles. The monoisotopic (exact) mass is 326 g/mol. The second-order valence-corrected chi connectivity index (χ2v) is 5.65. The molecule has 114 valence electrons. The van der Waals surface area contributed by atoms with Crippen LogP contribution in [0.5, 0.6) is 0 Å². The summed E-state index contributed by atoms with van der Waals surface area (Å²) < 4.78 is 16.0. The van der Waals surface area contributed by atoms with Crippen molar-refractivity contribution in [2.75, 3.05) is 0 Å². The fraction of sp³-hybridized carbons (Fsp3) is 0.0625. The molecule has 0 atom stereocenters. The molecule has 0 amide bonds. The average molecular weight is 326 g/mol. The molecule has 0 aliphatic carbocycles. The van der Waals surface area contributed by atoms with Crippen LogP contribution in [-0.2, 0) is 11.3 Å². The summed E-state index contributed by atoms with van der Waals surface area (Å²) >= 11 is 1.49. The molecule has 6 nitrogen and oxygen atoms in total. The third kappa shape index (κ3) is 2.74. The summed E-state index contributed by atoms with van der Waals surface area (Å²) in [4.78, 5) is 12.9. The van der Waals surface area contributed by atoms with E-state index in [9.17, 15) is 4.79 Å². The molecule has 0 fully saturated rings. The Hall–Kier alpha value is -2.93. The van der Waals surface area contributed by atoms with Gasteiger partial charge in [-0.15, -0.1) is 21.5 Å². The van der Waals surface area contributed by atoms with Gasteiger partial charge in [0.25, 0.3) is 11.8 Å². The second kappa shape index (κ2) is 5.69. The first-order chi connectivity index (χ1) is 11.3. The first kappa shape index (κ1) is 13.7. The normalized spacial score (nSPS) is 11.0. The van der Waals surface area contributed by atoms with Gasteiger partial charge in [0.2, 0.25) is 5.76 Å². The molecule has 0 N–H and O–H groups in total. The van der Waals surface area contributed by atoms with Gasteiger partial charge in [0, 0.05) is 5.39 Å². The summed E-state index contributed by atoms with van der Waals surface area (Å²) in [6.45, 7) is -0.103. The Labute approximate surface area is 134 Å². The minimum Gasteiger partial charge on any atom is -0.450 e. The van der Waals surface area contributed by atoms with Crippen molar-refractivity contribution in [3.05, 3.63) is 59.5 Å². The van der Waals surface area contributed by atoms with Crippen molar-refractivity contribution in [1.29, 1.82) is 0 Å². The number of para-hydroxylation sites is 1. The molecule has 0 aliphatic heterocycles. The Balaban J connectivity index is 1.45. The lowest BCUT2D eigenvalue weighted by atomic mass is 10.2. The van der Waals surface area contributed by atoms with Crippen molar-refractivity contribution in [1.82, 2.24) is 10.2 Å². The minimum absolute atomic E-state index is 0.103. The van der Waals surface area contributed by atoms with Crippen LogP contribution in [-0.4, -0.2) is 16.2 Å². The van der Waals surface area contributed by atoms with Crippen LogP contribution in [0.2, 0.25) is 0 Å². The SMILES string of the molecule is O=C(OCc1nnc(-c2cccs2)o1)c1cc2ccccc2o1. The zero-order valence-corrected chi connectivity index (χ0v) is 12.6. The lowest BCUT2D eigenvalue weighted by molar-refractivity contribution is 0.0405. The van der Waals surface area contributed by atoms with E-state index in [2.05, 4.69) is 10.2 Å². The van der Waals surface area contributed by atoms with Gasteiger partial charge in [0.05, 0.1) is 4.88 Å². The van der Waals surface area contributed by atoms with E-state index in [4.69, 9.17) is 13.6 Å². The summed E-state index contributed by atoms with van der Waals surface area (Å²) in [7, 11) is 0. The number of fused-ring (bicyclic) bond motifs is 1. The molecular weight excluding hydrogens is 316 g/mol. The van der Waals surface area contributed by atoms with Gasteiger partial charge in [0.1, 0.15) is 5.58 Å². The highest BCUT2D eigenvalue weighted by Gasteiger charge is 2.16. The fourth-order valence-corrected chi connectivity index (χ4v) is 2.74. The standard InChI is InChI=1S/C16H10N2O4S/c19-16(12-8-10-4-1-2-5-11(10)21-12)20-9-14-17-18-15(22-14)13-6-3-7-23-13/h1-8H,9H2. The molecule has 1 aromatic carbocycles. The molecule has 0 saturated carbocycles. The van der Waals surface area contributed by atoms with E-state index in [1.54, 1.807) is 12.1 Å². The Morgan fingerprint density at radius 3 is 2.87 bits per heavy atom. The van der Waals surface area contributed by atoms with Gasteiger partial charge in [-0.05, 0) is 23.6 Å². The Kier molecular flexibility index (Phi) is 3.39. The molecule has 4 aromatic rings. The summed E-state index contributed by atoms with van der Waals surface area (Å²) in [5.41, 5.74) is 0.636. The maximum atomic E-state index is 12.0. The Morgan fingerprint density at radius 2 is 2.04 bits per heavy atom. The maximum absolute atomic E-state index is 12.0.